The van der Waals surface area contributed by atoms with Crippen molar-refractivity contribution >= 4 is 29.1 Å². The zero-order chi connectivity index (χ0) is 29.9. The Morgan fingerprint density at radius 3 is 2.36 bits per heavy atom. The van der Waals surface area contributed by atoms with Crippen molar-refractivity contribution in [1.29, 1.82) is 5.26 Å². The van der Waals surface area contributed by atoms with Crippen LogP contribution in [-0.2, 0) is 6.18 Å². The van der Waals surface area contributed by atoms with E-state index in [0.717, 1.165) is 24.3 Å². The number of rotatable bonds is 9. The molecule has 1 aromatic heterocycles. The van der Waals surface area contributed by atoms with E-state index in [4.69, 9.17) is 21.1 Å². The van der Waals surface area contributed by atoms with Crippen molar-refractivity contribution in [2.75, 3.05) is 25.2 Å². The van der Waals surface area contributed by atoms with E-state index in [9.17, 15) is 28.0 Å². The van der Waals surface area contributed by atoms with Gasteiger partial charge in [-0.1, -0.05) is 23.7 Å². The normalized spacial score (nSPS) is 12.1. The van der Waals surface area contributed by atoms with Crippen molar-refractivity contribution in [2.24, 2.45) is 0 Å². The summed E-state index contributed by atoms with van der Waals surface area (Å²) >= 11 is 6.01. The molecule has 9 nitrogen and oxygen atoms in total. The molecule has 0 fully saturated rings. The van der Waals surface area contributed by atoms with Gasteiger partial charge in [-0.3, -0.25) is 9.59 Å². The second kappa shape index (κ2) is 11.8. The van der Waals surface area contributed by atoms with E-state index in [0.29, 0.717) is 34.2 Å². The molecule has 0 spiro atoms. The van der Waals surface area contributed by atoms with Crippen molar-refractivity contribution in [1.82, 2.24) is 15.1 Å². The van der Waals surface area contributed by atoms with Crippen LogP contribution in [0.1, 0.15) is 44.0 Å². The molecule has 1 amide bonds. The first-order valence-electron chi connectivity index (χ1n) is 12.6. The first-order valence-corrected chi connectivity index (χ1v) is 13.0. The highest BCUT2D eigenvalue weighted by atomic mass is 35.5. The van der Waals surface area contributed by atoms with Crippen LogP contribution in [0.25, 0.3) is 5.69 Å². The lowest BCUT2D eigenvalue weighted by Gasteiger charge is -2.11. The Morgan fingerprint density at radius 2 is 1.67 bits per heavy atom. The maximum absolute atomic E-state index is 13.3. The SMILES string of the molecule is N#Cc1c(C(=O)c2ccc(C(F)(F)F)cc2)nn(-c2ccc(Cl)cc2)c1NCCCNC(=O)c1ccc2c(c1)OCO2. The van der Waals surface area contributed by atoms with E-state index in [2.05, 4.69) is 15.7 Å². The minimum Gasteiger partial charge on any atom is -0.454 e. The zero-order valence-corrected chi connectivity index (χ0v) is 22.4. The summed E-state index contributed by atoms with van der Waals surface area (Å²) in [5, 5.41) is 20.7. The van der Waals surface area contributed by atoms with E-state index in [1.54, 1.807) is 42.5 Å². The maximum Gasteiger partial charge on any atom is 0.416 e. The fourth-order valence-electron chi connectivity index (χ4n) is 4.20. The molecule has 0 saturated heterocycles. The van der Waals surface area contributed by atoms with Crippen molar-refractivity contribution in [3.63, 3.8) is 0 Å². The highest BCUT2D eigenvalue weighted by Gasteiger charge is 2.31. The molecule has 2 N–H and O–H groups in total. The van der Waals surface area contributed by atoms with Crippen LogP contribution in [-0.4, -0.2) is 41.4 Å². The molecule has 1 aliphatic rings. The number of amides is 1. The van der Waals surface area contributed by atoms with Gasteiger partial charge in [0.25, 0.3) is 5.91 Å². The summed E-state index contributed by atoms with van der Waals surface area (Å²) in [5.74, 6) is 0.244. The first kappa shape index (κ1) is 28.5. The van der Waals surface area contributed by atoms with E-state index in [-0.39, 0.29) is 48.4 Å². The third-order valence-electron chi connectivity index (χ3n) is 6.32. The smallest absolute Gasteiger partial charge is 0.416 e. The predicted octanol–water partition coefficient (Wildman–Crippen LogP) is 5.61. The molecule has 4 aromatic rings. The van der Waals surface area contributed by atoms with Gasteiger partial charge >= 0.3 is 6.18 Å². The number of anilines is 1. The average Bonchev–Trinajstić information content (AvgIpc) is 3.60. The van der Waals surface area contributed by atoms with Crippen LogP contribution in [0.5, 0.6) is 11.5 Å². The fraction of sp³-hybridized carbons (Fsp3) is 0.172. The standard InChI is InChI=1S/C29H21ClF3N5O4/c30-20-7-9-21(10-8-20)38-27(35-12-1-13-36-28(40)18-4-11-23-24(14-18)42-16-41-23)22(15-34)25(37-38)26(39)17-2-5-19(6-3-17)29(31,32)33/h2-11,14,35H,1,12-13,16H2,(H,36,40). The molecule has 5 rings (SSSR count). The number of hydrogen-bond acceptors (Lipinski definition) is 7. The number of halogens is 4. The number of carbonyl (C=O) groups is 2. The van der Waals surface area contributed by atoms with Crippen LogP contribution in [0.3, 0.4) is 0 Å². The highest BCUT2D eigenvalue weighted by Crippen LogP contribution is 2.33. The topological polar surface area (TPSA) is 118 Å². The van der Waals surface area contributed by atoms with Gasteiger partial charge in [-0.05, 0) is 61.0 Å². The molecule has 0 saturated carbocycles. The van der Waals surface area contributed by atoms with Crippen LogP contribution < -0.4 is 20.1 Å². The summed E-state index contributed by atoms with van der Waals surface area (Å²) in [4.78, 5) is 25.8. The van der Waals surface area contributed by atoms with Crippen molar-refractivity contribution < 1.29 is 32.2 Å². The lowest BCUT2D eigenvalue weighted by Crippen LogP contribution is -2.26. The van der Waals surface area contributed by atoms with Gasteiger partial charge in [0.15, 0.2) is 17.2 Å². The Hall–Kier alpha value is -5.02. The summed E-state index contributed by atoms with van der Waals surface area (Å²) in [7, 11) is 0. The van der Waals surface area contributed by atoms with Crippen molar-refractivity contribution in [2.45, 2.75) is 12.6 Å². The Morgan fingerprint density at radius 1 is 0.976 bits per heavy atom. The van der Waals surface area contributed by atoms with E-state index in [1.165, 1.54) is 4.68 Å². The van der Waals surface area contributed by atoms with Crippen molar-refractivity contribution in [3.05, 3.63) is 99.7 Å². The fourth-order valence-corrected chi connectivity index (χ4v) is 4.33. The van der Waals surface area contributed by atoms with Crippen molar-refractivity contribution in [3.8, 4) is 23.3 Å². The number of aromatic nitrogens is 2. The molecular weight excluding hydrogens is 575 g/mol. The van der Waals surface area contributed by atoms with Gasteiger partial charge in [0.2, 0.25) is 12.6 Å². The molecule has 0 aliphatic carbocycles. The lowest BCUT2D eigenvalue weighted by molar-refractivity contribution is -0.137. The Labute approximate surface area is 242 Å². The highest BCUT2D eigenvalue weighted by molar-refractivity contribution is 6.30. The Balaban J connectivity index is 1.32. The van der Waals surface area contributed by atoms with Crippen LogP contribution in [0.4, 0.5) is 19.0 Å². The Bertz CT molecular complexity index is 1680. The number of carbonyl (C=O) groups excluding carboxylic acids is 2. The average molecular weight is 596 g/mol. The maximum atomic E-state index is 13.3. The van der Waals surface area contributed by atoms with E-state index in [1.807, 2.05) is 6.07 Å². The van der Waals surface area contributed by atoms with Gasteiger partial charge in [-0.2, -0.15) is 23.5 Å². The van der Waals surface area contributed by atoms with Gasteiger partial charge in [0.1, 0.15) is 17.5 Å². The number of nitrogens with zero attached hydrogens (tertiary/aromatic N) is 3. The van der Waals surface area contributed by atoms with Crippen LogP contribution in [0.15, 0.2) is 66.7 Å². The molecule has 0 radical (unpaired) electrons. The molecular formula is C29H21ClF3N5O4. The second-order valence-corrected chi connectivity index (χ2v) is 9.52. The predicted molar refractivity (Wildman–Crippen MR) is 146 cm³/mol. The quantitative estimate of drug-likeness (QED) is 0.191. The van der Waals surface area contributed by atoms with Gasteiger partial charge < -0.3 is 20.1 Å². The van der Waals surface area contributed by atoms with E-state index >= 15 is 0 Å². The lowest BCUT2D eigenvalue weighted by atomic mass is 10.0. The Kier molecular flexibility index (Phi) is 8.04. The number of nitriles is 1. The summed E-state index contributed by atoms with van der Waals surface area (Å²) in [5.41, 5.74) is -0.380. The minimum absolute atomic E-state index is 0.0574. The molecule has 0 bridgehead atoms. The number of nitrogens with one attached hydrogen (secondary N) is 2. The molecule has 42 heavy (non-hydrogen) atoms. The summed E-state index contributed by atoms with van der Waals surface area (Å²) < 4.78 is 50.9. The summed E-state index contributed by atoms with van der Waals surface area (Å²) in [6.07, 6.45) is -4.12. The third kappa shape index (κ3) is 6.01. The number of fused-ring (bicyclic) bond motifs is 1. The van der Waals surface area contributed by atoms with Crippen LogP contribution >= 0.6 is 11.6 Å². The third-order valence-corrected chi connectivity index (χ3v) is 6.58. The number of benzene rings is 3. The molecule has 3 aromatic carbocycles. The monoisotopic (exact) mass is 595 g/mol. The molecule has 214 valence electrons. The largest absolute Gasteiger partial charge is 0.454 e. The summed E-state index contributed by atoms with van der Waals surface area (Å²) in [6, 6.07) is 17.0. The zero-order valence-electron chi connectivity index (χ0n) is 21.7. The number of hydrogen-bond donors (Lipinski definition) is 2. The minimum atomic E-state index is -4.56. The molecule has 2 heterocycles. The van der Waals surface area contributed by atoms with Gasteiger partial charge in [-0.25, -0.2) is 4.68 Å². The van der Waals surface area contributed by atoms with Gasteiger partial charge in [0.05, 0.1) is 11.3 Å². The molecule has 1 aliphatic heterocycles. The molecule has 0 unspecified atom stereocenters. The van der Waals surface area contributed by atoms with Crippen LogP contribution in [0, 0.1) is 11.3 Å². The van der Waals surface area contributed by atoms with Crippen LogP contribution in [0.2, 0.25) is 5.02 Å². The van der Waals surface area contributed by atoms with E-state index < -0.39 is 17.5 Å². The van der Waals surface area contributed by atoms with Gasteiger partial charge in [0, 0.05) is 29.2 Å². The van der Waals surface area contributed by atoms with Gasteiger partial charge in [-0.15, -0.1) is 0 Å². The molecule has 0 atom stereocenters. The number of ketones is 1. The summed E-state index contributed by atoms with van der Waals surface area (Å²) in [6.45, 7) is 0.666. The number of ether oxygens (including phenoxy) is 2. The first-order chi connectivity index (χ1) is 20.2. The molecule has 13 heteroatoms. The number of alkyl halides is 3. The second-order valence-electron chi connectivity index (χ2n) is 9.08.